The number of amides is 1. The van der Waals surface area contributed by atoms with Crippen LogP contribution in [0.3, 0.4) is 0 Å². The summed E-state index contributed by atoms with van der Waals surface area (Å²) in [6.07, 6.45) is 3.22. The maximum atomic E-state index is 11.9. The predicted molar refractivity (Wildman–Crippen MR) is 77.4 cm³/mol. The number of nitrogens with zero attached hydrogens (tertiary/aromatic N) is 1. The first kappa shape index (κ1) is 16.3. The van der Waals surface area contributed by atoms with E-state index in [1.807, 2.05) is 11.8 Å². The van der Waals surface area contributed by atoms with Crippen molar-refractivity contribution in [1.29, 1.82) is 0 Å². The van der Waals surface area contributed by atoms with Gasteiger partial charge in [0.1, 0.15) is 0 Å². The summed E-state index contributed by atoms with van der Waals surface area (Å²) in [6.45, 7) is 4.50. The van der Waals surface area contributed by atoms with E-state index in [0.29, 0.717) is 38.4 Å². The van der Waals surface area contributed by atoms with Crippen LogP contribution >= 0.6 is 11.8 Å². The smallest absolute Gasteiger partial charge is 0.306 e. The highest BCUT2D eigenvalue weighted by atomic mass is 32.2. The summed E-state index contributed by atoms with van der Waals surface area (Å²) in [5.41, 5.74) is 0. The van der Waals surface area contributed by atoms with Crippen molar-refractivity contribution in [3.63, 3.8) is 0 Å². The summed E-state index contributed by atoms with van der Waals surface area (Å²) in [5.74, 6) is 0.709. The molecule has 1 saturated heterocycles. The third-order valence-corrected chi connectivity index (χ3v) is 4.32. The molecule has 0 aliphatic carbocycles. The second-order valence-corrected chi connectivity index (χ2v) is 6.10. The Kier molecular flexibility index (Phi) is 7.23. The van der Waals surface area contributed by atoms with Crippen LogP contribution in [0.25, 0.3) is 0 Å². The first-order chi connectivity index (χ1) is 9.04. The zero-order valence-electron chi connectivity index (χ0n) is 11.7. The number of thioether (sulfide) groups is 1. The number of hydrogen-bond acceptors (Lipinski definition) is 4. The van der Waals surface area contributed by atoms with Gasteiger partial charge in [0.05, 0.1) is 12.5 Å². The molecule has 5 nitrogen and oxygen atoms in total. The number of nitrogens with one attached hydrogen (secondary N) is 1. The maximum absolute atomic E-state index is 11.9. The first-order valence-electron chi connectivity index (χ1n) is 6.74. The molecule has 1 heterocycles. The summed E-state index contributed by atoms with van der Waals surface area (Å²) in [6, 6.07) is 0. The third kappa shape index (κ3) is 5.82. The van der Waals surface area contributed by atoms with E-state index >= 15 is 0 Å². The van der Waals surface area contributed by atoms with Crippen molar-refractivity contribution in [1.82, 2.24) is 10.2 Å². The normalized spacial score (nSPS) is 18.3. The Bertz CT molecular complexity index is 304. The number of carboxylic acid groups (broad SMARTS) is 1. The maximum Gasteiger partial charge on any atom is 0.306 e. The van der Waals surface area contributed by atoms with Gasteiger partial charge in [0.25, 0.3) is 0 Å². The topological polar surface area (TPSA) is 69.6 Å². The van der Waals surface area contributed by atoms with Crippen molar-refractivity contribution in [3.05, 3.63) is 0 Å². The monoisotopic (exact) mass is 288 g/mol. The number of hydrogen-bond donors (Lipinski definition) is 2. The molecular weight excluding hydrogens is 264 g/mol. The fourth-order valence-corrected chi connectivity index (χ4v) is 2.94. The van der Waals surface area contributed by atoms with E-state index in [0.717, 1.165) is 12.3 Å². The molecule has 1 atom stereocenters. The quantitative estimate of drug-likeness (QED) is 0.728. The molecule has 1 aliphatic rings. The molecule has 0 aromatic carbocycles. The summed E-state index contributed by atoms with van der Waals surface area (Å²) < 4.78 is 0. The van der Waals surface area contributed by atoms with Crippen LogP contribution in [0.2, 0.25) is 0 Å². The van der Waals surface area contributed by atoms with Gasteiger partial charge in [0.15, 0.2) is 0 Å². The standard InChI is InChI=1S/C13H24N2O3S/c1-10(9-19-2)7-14-8-12(16)15-5-3-11(4-6-15)13(17)18/h10-11,14H,3-9H2,1-2H3,(H,17,18). The number of rotatable bonds is 7. The van der Waals surface area contributed by atoms with Gasteiger partial charge in [0.2, 0.25) is 5.91 Å². The minimum atomic E-state index is -0.740. The zero-order valence-corrected chi connectivity index (χ0v) is 12.5. The van der Waals surface area contributed by atoms with Crippen LogP contribution < -0.4 is 5.32 Å². The molecule has 19 heavy (non-hydrogen) atoms. The van der Waals surface area contributed by atoms with Gasteiger partial charge in [-0.1, -0.05) is 6.92 Å². The van der Waals surface area contributed by atoms with E-state index in [1.165, 1.54) is 0 Å². The average molecular weight is 288 g/mol. The molecule has 1 fully saturated rings. The van der Waals surface area contributed by atoms with Gasteiger partial charge in [-0.3, -0.25) is 9.59 Å². The molecule has 0 radical (unpaired) electrons. The number of carbonyl (C=O) groups excluding carboxylic acids is 1. The average Bonchev–Trinajstić information content (AvgIpc) is 2.39. The van der Waals surface area contributed by atoms with Crippen LogP contribution in [0.4, 0.5) is 0 Å². The molecule has 0 aromatic heterocycles. The third-order valence-electron chi connectivity index (χ3n) is 3.42. The van der Waals surface area contributed by atoms with E-state index in [-0.39, 0.29) is 11.8 Å². The lowest BCUT2D eigenvalue weighted by molar-refractivity contribution is -0.145. The van der Waals surface area contributed by atoms with Crippen molar-refractivity contribution in [3.8, 4) is 0 Å². The molecule has 6 heteroatoms. The molecule has 110 valence electrons. The van der Waals surface area contributed by atoms with E-state index in [2.05, 4.69) is 18.5 Å². The predicted octanol–water partition coefficient (Wildman–Crippen LogP) is 0.898. The highest BCUT2D eigenvalue weighted by molar-refractivity contribution is 7.98. The second-order valence-electron chi connectivity index (χ2n) is 5.18. The molecule has 1 amide bonds. The minimum Gasteiger partial charge on any atom is -0.481 e. The summed E-state index contributed by atoms with van der Waals surface area (Å²) in [4.78, 5) is 24.5. The van der Waals surface area contributed by atoms with Crippen molar-refractivity contribution in [2.45, 2.75) is 19.8 Å². The number of aliphatic carboxylic acids is 1. The largest absolute Gasteiger partial charge is 0.481 e. The lowest BCUT2D eigenvalue weighted by Gasteiger charge is -2.30. The Hall–Kier alpha value is -0.750. The number of likely N-dealkylation sites (tertiary alicyclic amines) is 1. The zero-order chi connectivity index (χ0) is 14.3. The number of piperidine rings is 1. The molecule has 2 N–H and O–H groups in total. The molecular formula is C13H24N2O3S. The Morgan fingerprint density at radius 3 is 2.58 bits per heavy atom. The highest BCUT2D eigenvalue weighted by Gasteiger charge is 2.26. The van der Waals surface area contributed by atoms with Crippen molar-refractivity contribution in [2.24, 2.45) is 11.8 Å². The molecule has 0 aromatic rings. The van der Waals surface area contributed by atoms with Crippen molar-refractivity contribution in [2.75, 3.05) is 38.2 Å². The Morgan fingerprint density at radius 2 is 2.05 bits per heavy atom. The molecule has 1 aliphatic heterocycles. The van der Waals surface area contributed by atoms with Crippen molar-refractivity contribution >= 4 is 23.6 Å². The van der Waals surface area contributed by atoms with Gasteiger partial charge in [-0.2, -0.15) is 11.8 Å². The molecule has 0 spiro atoms. The van der Waals surface area contributed by atoms with Gasteiger partial charge >= 0.3 is 5.97 Å². The Balaban J connectivity index is 2.19. The van der Waals surface area contributed by atoms with Gasteiger partial charge in [-0.25, -0.2) is 0 Å². The van der Waals surface area contributed by atoms with E-state index in [9.17, 15) is 9.59 Å². The second kappa shape index (κ2) is 8.43. The summed E-state index contributed by atoms with van der Waals surface area (Å²) >= 11 is 1.81. The lowest BCUT2D eigenvalue weighted by Crippen LogP contribution is -2.44. The van der Waals surface area contributed by atoms with E-state index in [4.69, 9.17) is 5.11 Å². The fourth-order valence-electron chi connectivity index (χ4n) is 2.26. The van der Waals surface area contributed by atoms with Crippen LogP contribution in [0, 0.1) is 11.8 Å². The van der Waals surface area contributed by atoms with Crippen LogP contribution in [0.15, 0.2) is 0 Å². The van der Waals surface area contributed by atoms with Gasteiger partial charge in [-0.15, -0.1) is 0 Å². The Labute approximate surface area is 119 Å². The van der Waals surface area contributed by atoms with Gasteiger partial charge in [0, 0.05) is 13.1 Å². The van der Waals surface area contributed by atoms with Crippen LogP contribution in [0.5, 0.6) is 0 Å². The van der Waals surface area contributed by atoms with Crippen LogP contribution in [-0.2, 0) is 9.59 Å². The minimum absolute atomic E-state index is 0.0835. The molecule has 1 rings (SSSR count). The van der Waals surface area contributed by atoms with Gasteiger partial charge in [-0.05, 0) is 37.3 Å². The SMILES string of the molecule is CSCC(C)CNCC(=O)N1CCC(C(=O)O)CC1. The highest BCUT2D eigenvalue weighted by Crippen LogP contribution is 2.17. The van der Waals surface area contributed by atoms with Crippen molar-refractivity contribution < 1.29 is 14.7 Å². The van der Waals surface area contributed by atoms with E-state index in [1.54, 1.807) is 4.90 Å². The molecule has 0 bridgehead atoms. The molecule has 1 unspecified atom stereocenters. The lowest BCUT2D eigenvalue weighted by atomic mass is 9.97. The van der Waals surface area contributed by atoms with Crippen LogP contribution in [0.1, 0.15) is 19.8 Å². The fraction of sp³-hybridized carbons (Fsp3) is 0.846. The molecule has 0 saturated carbocycles. The Morgan fingerprint density at radius 1 is 1.42 bits per heavy atom. The van der Waals surface area contributed by atoms with Crippen LogP contribution in [-0.4, -0.2) is 60.1 Å². The number of carboxylic acids is 1. The number of carbonyl (C=O) groups is 2. The summed E-state index contributed by atoms with van der Waals surface area (Å²) in [7, 11) is 0. The first-order valence-corrected chi connectivity index (χ1v) is 8.14. The van der Waals surface area contributed by atoms with Gasteiger partial charge < -0.3 is 15.3 Å². The summed E-state index contributed by atoms with van der Waals surface area (Å²) in [5, 5.41) is 12.1. The van der Waals surface area contributed by atoms with E-state index < -0.39 is 5.97 Å².